The third-order valence-electron chi connectivity index (χ3n) is 4.30. The molecule has 7 nitrogen and oxygen atoms in total. The van der Waals surface area contributed by atoms with Gasteiger partial charge in [0.1, 0.15) is 11.6 Å². The van der Waals surface area contributed by atoms with E-state index in [1.807, 2.05) is 32.0 Å². The normalized spacial score (nSPS) is 11.2. The van der Waals surface area contributed by atoms with Crippen molar-refractivity contribution in [3.8, 4) is 5.75 Å². The minimum absolute atomic E-state index is 0.0591. The van der Waals surface area contributed by atoms with Crippen LogP contribution in [0, 0.1) is 0 Å². The quantitative estimate of drug-likeness (QED) is 0.460. The highest BCUT2D eigenvalue weighted by Crippen LogP contribution is 2.29. The van der Waals surface area contributed by atoms with E-state index in [0.717, 1.165) is 10.0 Å². The number of sulfonamides is 1. The summed E-state index contributed by atoms with van der Waals surface area (Å²) in [5.41, 5.74) is 1.46. The first-order valence-electron chi connectivity index (χ1n) is 9.50. The van der Waals surface area contributed by atoms with E-state index in [9.17, 15) is 13.2 Å². The van der Waals surface area contributed by atoms with Gasteiger partial charge in [0, 0.05) is 16.4 Å². The molecule has 0 atom stereocenters. The van der Waals surface area contributed by atoms with Gasteiger partial charge in [0.25, 0.3) is 15.9 Å². The van der Waals surface area contributed by atoms with E-state index in [2.05, 4.69) is 31.0 Å². The predicted octanol–water partition coefficient (Wildman–Crippen LogP) is 4.79. The van der Waals surface area contributed by atoms with Crippen molar-refractivity contribution < 1.29 is 17.9 Å². The molecule has 0 bridgehead atoms. The molecule has 1 aromatic heterocycles. The molecule has 3 rings (SSSR count). The van der Waals surface area contributed by atoms with Gasteiger partial charge in [0.2, 0.25) is 0 Å². The highest BCUT2D eigenvalue weighted by atomic mass is 79.9. The molecule has 2 aromatic carbocycles. The number of hydrogen-bond donors (Lipinski definition) is 2. The van der Waals surface area contributed by atoms with Crippen LogP contribution in [0.5, 0.6) is 5.75 Å². The number of aromatic nitrogens is 1. The highest BCUT2D eigenvalue weighted by Gasteiger charge is 2.15. The number of amides is 1. The van der Waals surface area contributed by atoms with E-state index < -0.39 is 10.0 Å². The molecule has 0 unspecified atom stereocenters. The second-order valence-corrected chi connectivity index (χ2v) is 9.62. The zero-order chi connectivity index (χ0) is 22.4. The summed E-state index contributed by atoms with van der Waals surface area (Å²) in [6, 6.07) is 16.4. The first-order chi connectivity index (χ1) is 14.7. The summed E-state index contributed by atoms with van der Waals surface area (Å²) in [5.74, 6) is 0.769. The van der Waals surface area contributed by atoms with Gasteiger partial charge in [-0.1, -0.05) is 35.8 Å². The summed E-state index contributed by atoms with van der Waals surface area (Å²) in [5, 5.41) is 2.70. The lowest BCUT2D eigenvalue weighted by molar-refractivity contribution is -0.118. The maximum absolute atomic E-state index is 12.4. The van der Waals surface area contributed by atoms with Crippen molar-refractivity contribution in [1.29, 1.82) is 0 Å². The molecule has 0 spiro atoms. The molecular formula is C22H22BrN3O4S. The van der Waals surface area contributed by atoms with Crippen LogP contribution < -0.4 is 14.8 Å². The topological polar surface area (TPSA) is 97.4 Å². The Kier molecular flexibility index (Phi) is 7.29. The lowest BCUT2D eigenvalue weighted by atomic mass is 10.0. The van der Waals surface area contributed by atoms with Gasteiger partial charge in [-0.05, 0) is 66.1 Å². The summed E-state index contributed by atoms with van der Waals surface area (Å²) >= 11 is 3.44. The molecular weight excluding hydrogens is 482 g/mol. The molecule has 0 aliphatic rings. The van der Waals surface area contributed by atoms with E-state index in [4.69, 9.17) is 4.74 Å². The zero-order valence-electron chi connectivity index (χ0n) is 17.0. The Balaban J connectivity index is 1.60. The van der Waals surface area contributed by atoms with Crippen LogP contribution >= 0.6 is 15.9 Å². The van der Waals surface area contributed by atoms with Crippen LogP contribution in [0.2, 0.25) is 0 Å². The zero-order valence-corrected chi connectivity index (χ0v) is 19.4. The lowest BCUT2D eigenvalue weighted by Crippen LogP contribution is -2.20. The van der Waals surface area contributed by atoms with Crippen LogP contribution in [0.3, 0.4) is 0 Å². The van der Waals surface area contributed by atoms with E-state index in [1.165, 1.54) is 30.5 Å². The van der Waals surface area contributed by atoms with Crippen LogP contribution in [0.15, 0.2) is 76.2 Å². The Morgan fingerprint density at radius 2 is 1.84 bits per heavy atom. The molecule has 9 heteroatoms. The number of carbonyl (C=O) groups is 1. The largest absolute Gasteiger partial charge is 0.483 e. The minimum atomic E-state index is -3.78. The molecule has 0 saturated carbocycles. The third kappa shape index (κ3) is 6.28. The number of carbonyl (C=O) groups excluding carboxylic acids is 1. The number of rotatable bonds is 8. The number of pyridine rings is 1. The maximum atomic E-state index is 12.4. The van der Waals surface area contributed by atoms with Crippen molar-refractivity contribution in [2.45, 2.75) is 24.7 Å². The summed E-state index contributed by atoms with van der Waals surface area (Å²) in [4.78, 5) is 16.3. The number of ether oxygens (including phenoxy) is 1. The summed E-state index contributed by atoms with van der Waals surface area (Å²) in [6.07, 6.45) is 1.50. The number of halogens is 1. The fourth-order valence-electron chi connectivity index (χ4n) is 2.78. The Morgan fingerprint density at radius 1 is 1.10 bits per heavy atom. The van der Waals surface area contributed by atoms with Crippen LogP contribution in [-0.2, 0) is 14.8 Å². The molecule has 0 saturated heterocycles. The van der Waals surface area contributed by atoms with E-state index in [1.54, 1.807) is 18.2 Å². The number of hydrogen-bond acceptors (Lipinski definition) is 5. The van der Waals surface area contributed by atoms with Gasteiger partial charge < -0.3 is 10.1 Å². The SMILES string of the molecule is CC(C)c1cc(Br)ccc1OCC(=O)Nc1ccc(S(=O)(=O)Nc2ccccn2)cc1. The number of benzene rings is 2. The molecule has 1 heterocycles. The number of nitrogens with zero attached hydrogens (tertiary/aromatic N) is 1. The average molecular weight is 504 g/mol. The summed E-state index contributed by atoms with van der Waals surface area (Å²) < 4.78 is 33.9. The standard InChI is InChI=1S/C22H22BrN3O4S/c1-15(2)19-13-16(23)6-11-20(19)30-14-22(27)25-17-7-9-18(10-8-17)31(28,29)26-21-5-3-4-12-24-21/h3-13,15H,14H2,1-2H3,(H,24,26)(H,25,27). The fourth-order valence-corrected chi connectivity index (χ4v) is 4.17. The molecule has 2 N–H and O–H groups in total. The van der Waals surface area contributed by atoms with Gasteiger partial charge in [-0.3, -0.25) is 9.52 Å². The first-order valence-corrected chi connectivity index (χ1v) is 11.8. The fraction of sp³-hybridized carbons (Fsp3) is 0.182. The monoisotopic (exact) mass is 503 g/mol. The van der Waals surface area contributed by atoms with Crippen LogP contribution in [0.4, 0.5) is 11.5 Å². The molecule has 0 aliphatic carbocycles. The summed E-state index contributed by atoms with van der Waals surface area (Å²) in [7, 11) is -3.78. The van der Waals surface area contributed by atoms with Crippen LogP contribution in [-0.4, -0.2) is 25.9 Å². The predicted molar refractivity (Wildman–Crippen MR) is 124 cm³/mol. The molecule has 0 radical (unpaired) electrons. The number of anilines is 2. The molecule has 0 aliphatic heterocycles. The average Bonchev–Trinajstić information content (AvgIpc) is 2.73. The number of nitrogens with one attached hydrogen (secondary N) is 2. The molecule has 1 amide bonds. The van der Waals surface area contributed by atoms with Crippen molar-refractivity contribution in [3.05, 3.63) is 76.9 Å². The Morgan fingerprint density at radius 3 is 2.48 bits per heavy atom. The molecule has 0 fully saturated rings. The Labute approximate surface area is 190 Å². The molecule has 162 valence electrons. The van der Waals surface area contributed by atoms with Gasteiger partial charge >= 0.3 is 0 Å². The van der Waals surface area contributed by atoms with Crippen molar-refractivity contribution in [1.82, 2.24) is 4.98 Å². The summed E-state index contributed by atoms with van der Waals surface area (Å²) in [6.45, 7) is 3.93. The van der Waals surface area contributed by atoms with Crippen molar-refractivity contribution in [2.75, 3.05) is 16.6 Å². The molecule has 31 heavy (non-hydrogen) atoms. The van der Waals surface area contributed by atoms with Gasteiger partial charge in [0.05, 0.1) is 4.90 Å². The third-order valence-corrected chi connectivity index (χ3v) is 6.17. The van der Waals surface area contributed by atoms with Crippen LogP contribution in [0.25, 0.3) is 0 Å². The van der Waals surface area contributed by atoms with Crippen molar-refractivity contribution in [3.63, 3.8) is 0 Å². The second kappa shape index (κ2) is 9.93. The highest BCUT2D eigenvalue weighted by molar-refractivity contribution is 9.10. The van der Waals surface area contributed by atoms with Gasteiger partial charge in [-0.15, -0.1) is 0 Å². The smallest absolute Gasteiger partial charge is 0.263 e. The van der Waals surface area contributed by atoms with E-state index >= 15 is 0 Å². The van der Waals surface area contributed by atoms with Crippen molar-refractivity contribution in [2.24, 2.45) is 0 Å². The minimum Gasteiger partial charge on any atom is -0.483 e. The first kappa shape index (κ1) is 22.8. The second-order valence-electron chi connectivity index (χ2n) is 7.02. The Bertz CT molecular complexity index is 1150. The Hall–Kier alpha value is -2.91. The molecule has 3 aromatic rings. The van der Waals surface area contributed by atoms with E-state index in [0.29, 0.717) is 11.4 Å². The van der Waals surface area contributed by atoms with Gasteiger partial charge in [-0.25, -0.2) is 13.4 Å². The van der Waals surface area contributed by atoms with E-state index in [-0.39, 0.29) is 29.1 Å². The maximum Gasteiger partial charge on any atom is 0.263 e. The van der Waals surface area contributed by atoms with Crippen LogP contribution in [0.1, 0.15) is 25.3 Å². The van der Waals surface area contributed by atoms with Gasteiger partial charge in [-0.2, -0.15) is 0 Å². The van der Waals surface area contributed by atoms with Gasteiger partial charge in [0.15, 0.2) is 6.61 Å². The lowest BCUT2D eigenvalue weighted by Gasteiger charge is -2.14. The van der Waals surface area contributed by atoms with Crippen molar-refractivity contribution >= 4 is 43.4 Å².